The molecule has 2 saturated heterocycles. The minimum atomic E-state index is -1.43. The van der Waals surface area contributed by atoms with Gasteiger partial charge in [-0.25, -0.2) is 9.59 Å². The van der Waals surface area contributed by atoms with Crippen molar-refractivity contribution in [1.29, 1.82) is 0 Å². The van der Waals surface area contributed by atoms with E-state index >= 15 is 0 Å². The van der Waals surface area contributed by atoms with Gasteiger partial charge in [0.1, 0.15) is 36.6 Å². The molecule has 200 valence electrons. The van der Waals surface area contributed by atoms with Gasteiger partial charge in [0.2, 0.25) is 0 Å². The molecule has 0 unspecified atom stereocenters. The maximum absolute atomic E-state index is 10.6. The molecule has 12 atom stereocenters. The second-order valence-corrected chi connectivity index (χ2v) is 7.79. The van der Waals surface area contributed by atoms with Crippen molar-refractivity contribution >= 4 is 11.9 Å². The van der Waals surface area contributed by atoms with Crippen LogP contribution in [-0.4, -0.2) is 140 Å². The molecule has 34 heavy (non-hydrogen) atoms. The Balaban J connectivity index is 0.000000340. The summed E-state index contributed by atoms with van der Waals surface area (Å²) in [6, 6.07) is -2.18. The minimum absolute atomic E-state index is 0.535. The summed E-state index contributed by atoms with van der Waals surface area (Å²) >= 11 is 0. The predicted octanol–water partition coefficient (Wildman–Crippen LogP) is -5.52. The smallest absolute Gasteiger partial charge is 0.332 e. The molecular weight excluding hydrogens is 468 g/mol. The van der Waals surface area contributed by atoms with Crippen LogP contribution in [0.25, 0.3) is 0 Å². The fraction of sp³-hybridized carbons (Fsp3) is 0.889. The fourth-order valence-electron chi connectivity index (χ4n) is 3.14. The minimum Gasteiger partial charge on any atom is -0.479 e. The molecule has 0 aromatic rings. The van der Waals surface area contributed by atoms with Gasteiger partial charge in [-0.3, -0.25) is 0 Å². The van der Waals surface area contributed by atoms with E-state index in [1.165, 1.54) is 13.8 Å². The zero-order valence-corrected chi connectivity index (χ0v) is 18.5. The Morgan fingerprint density at radius 3 is 1.29 bits per heavy atom. The van der Waals surface area contributed by atoms with Gasteiger partial charge in [0.15, 0.2) is 24.8 Å². The molecule has 2 rings (SSSR count). The number of carbonyl (C=O) groups is 2. The van der Waals surface area contributed by atoms with Crippen LogP contribution in [0, 0.1) is 0 Å². The van der Waals surface area contributed by atoms with Crippen LogP contribution >= 0.6 is 0 Å². The predicted molar refractivity (Wildman–Crippen MR) is 108 cm³/mol. The summed E-state index contributed by atoms with van der Waals surface area (Å²) in [6.45, 7) is 1.48. The summed E-state index contributed by atoms with van der Waals surface area (Å²) in [4.78, 5) is 21.3. The van der Waals surface area contributed by atoms with E-state index in [1.54, 1.807) is 0 Å². The maximum Gasteiger partial charge on any atom is 0.332 e. The van der Waals surface area contributed by atoms with Crippen LogP contribution < -0.4 is 11.5 Å². The molecule has 2 aliphatic rings. The van der Waals surface area contributed by atoms with Crippen molar-refractivity contribution < 1.29 is 69.4 Å². The highest BCUT2D eigenvalue weighted by atomic mass is 16.6. The first-order valence-electron chi connectivity index (χ1n) is 10.3. The van der Waals surface area contributed by atoms with E-state index in [9.17, 15) is 30.0 Å². The molecule has 16 nitrogen and oxygen atoms in total. The highest BCUT2D eigenvalue weighted by molar-refractivity contribution is 5.72. The number of ether oxygens (including phenoxy) is 4. The average molecular weight is 502 g/mol. The highest BCUT2D eigenvalue weighted by Crippen LogP contribution is 2.23. The topological polar surface area (TPSA) is 285 Å². The monoisotopic (exact) mass is 502 g/mol. The molecule has 0 aromatic heterocycles. The lowest BCUT2D eigenvalue weighted by molar-refractivity contribution is -0.262. The van der Waals surface area contributed by atoms with Crippen LogP contribution in [0.4, 0.5) is 0 Å². The Labute approximate surface area is 194 Å². The van der Waals surface area contributed by atoms with E-state index in [4.69, 9.17) is 50.8 Å². The van der Waals surface area contributed by atoms with Crippen molar-refractivity contribution in [3.8, 4) is 0 Å². The number of aliphatic carboxylic acids is 2. The van der Waals surface area contributed by atoms with Gasteiger partial charge in [-0.15, -0.1) is 0 Å². The quantitative estimate of drug-likeness (QED) is 0.148. The maximum atomic E-state index is 10.6. The molecule has 0 aromatic carbocycles. The van der Waals surface area contributed by atoms with E-state index in [0.717, 1.165) is 0 Å². The van der Waals surface area contributed by atoms with Crippen molar-refractivity contribution in [2.75, 3.05) is 13.2 Å². The van der Waals surface area contributed by atoms with Crippen molar-refractivity contribution in [1.82, 2.24) is 0 Å². The van der Waals surface area contributed by atoms with Gasteiger partial charge >= 0.3 is 11.9 Å². The molecule has 0 amide bonds. The lowest BCUT2D eigenvalue weighted by atomic mass is 9.97. The van der Waals surface area contributed by atoms with Crippen molar-refractivity contribution in [3.63, 3.8) is 0 Å². The zero-order valence-electron chi connectivity index (χ0n) is 18.5. The van der Waals surface area contributed by atoms with Gasteiger partial charge in [-0.2, -0.15) is 0 Å². The first-order valence-corrected chi connectivity index (χ1v) is 10.3. The van der Waals surface area contributed by atoms with Crippen molar-refractivity contribution in [2.24, 2.45) is 11.5 Å². The number of nitrogens with two attached hydrogens (primary N) is 2. The largest absolute Gasteiger partial charge is 0.479 e. The lowest BCUT2D eigenvalue weighted by Crippen LogP contribution is -2.63. The Kier molecular flexibility index (Phi) is 12.1. The number of hydrogen-bond acceptors (Lipinski definition) is 14. The van der Waals surface area contributed by atoms with Gasteiger partial charge in [0.25, 0.3) is 0 Å². The third-order valence-electron chi connectivity index (χ3n) is 5.26. The lowest BCUT2D eigenvalue weighted by Gasteiger charge is -2.41. The number of hydrogen-bond donors (Lipinski definition) is 10. The molecule has 0 saturated carbocycles. The fourth-order valence-corrected chi connectivity index (χ4v) is 3.14. The summed E-state index contributed by atoms with van der Waals surface area (Å²) in [5.41, 5.74) is 11.1. The first-order chi connectivity index (χ1) is 15.8. The number of aliphatic hydroxyl groups excluding tert-OH is 6. The standard InChI is InChI=1S/2C9H17NO7/c2*1-3(8(13)14)16-7-5(10)9(15)17-4(2-11)6(7)12/h2*3-7,9,11-12,15H,2,10H2,1H3,(H,13,14)/t2*3-,4-,5-,6-,7-,9+/m11/s1. The van der Waals surface area contributed by atoms with Crippen LogP contribution in [-0.2, 0) is 28.5 Å². The highest BCUT2D eigenvalue weighted by Gasteiger charge is 2.45. The number of aliphatic hydroxyl groups is 6. The van der Waals surface area contributed by atoms with E-state index in [-0.39, 0.29) is 0 Å². The van der Waals surface area contributed by atoms with Gasteiger partial charge in [0, 0.05) is 0 Å². The normalized spacial score (nSPS) is 39.9. The van der Waals surface area contributed by atoms with Crippen LogP contribution in [0.3, 0.4) is 0 Å². The Hall–Kier alpha value is -1.54. The van der Waals surface area contributed by atoms with E-state index in [0.29, 0.717) is 0 Å². The van der Waals surface area contributed by atoms with Crippen LogP contribution in [0.5, 0.6) is 0 Å². The Morgan fingerprint density at radius 2 is 1.06 bits per heavy atom. The third kappa shape index (κ3) is 7.74. The molecule has 0 aliphatic carbocycles. The van der Waals surface area contributed by atoms with E-state index in [1.807, 2.05) is 0 Å². The Morgan fingerprint density at radius 1 is 0.765 bits per heavy atom. The summed E-state index contributed by atoms with van der Waals surface area (Å²) in [5, 5.41) is 73.6. The molecule has 2 fully saturated rings. The van der Waals surface area contributed by atoms with Gasteiger partial charge < -0.3 is 71.3 Å². The van der Waals surface area contributed by atoms with Crippen molar-refractivity contribution in [3.05, 3.63) is 0 Å². The molecular formula is C18H34N2O14. The van der Waals surface area contributed by atoms with Crippen molar-refractivity contribution in [2.45, 2.75) is 87.3 Å². The van der Waals surface area contributed by atoms with Crippen LogP contribution in [0.15, 0.2) is 0 Å². The summed E-state index contributed by atoms with van der Waals surface area (Å²) < 4.78 is 19.8. The summed E-state index contributed by atoms with van der Waals surface area (Å²) in [6.07, 6.45) is -12.2. The molecule has 0 bridgehead atoms. The van der Waals surface area contributed by atoms with Crippen LogP contribution in [0.2, 0.25) is 0 Å². The number of carboxylic acids is 2. The molecule has 2 aliphatic heterocycles. The van der Waals surface area contributed by atoms with E-state index < -0.39 is 98.6 Å². The molecule has 0 spiro atoms. The Bertz CT molecular complexity index is 602. The van der Waals surface area contributed by atoms with Gasteiger partial charge in [0.05, 0.1) is 25.3 Å². The van der Waals surface area contributed by atoms with Crippen LogP contribution in [0.1, 0.15) is 13.8 Å². The molecule has 16 heteroatoms. The summed E-state index contributed by atoms with van der Waals surface area (Å²) in [5.74, 6) is -2.43. The molecule has 2 heterocycles. The second-order valence-electron chi connectivity index (χ2n) is 7.79. The van der Waals surface area contributed by atoms with Gasteiger partial charge in [-0.05, 0) is 13.8 Å². The average Bonchev–Trinajstić information content (AvgIpc) is 2.78. The number of carboxylic acid groups (broad SMARTS) is 2. The first kappa shape index (κ1) is 30.5. The molecule has 0 radical (unpaired) electrons. The SMILES string of the molecule is C[C@@H](O[C@@H]1[C@@H](N)[C@@H](O)O[C@H](CO)[C@H]1O)C(=O)O.C[C@@H](O[C@@H]1[C@@H](N)[C@@H](O)O[C@H](CO)[C@H]1O)C(=O)O. The van der Waals surface area contributed by atoms with Gasteiger partial charge in [-0.1, -0.05) is 0 Å². The third-order valence-corrected chi connectivity index (χ3v) is 5.26. The van der Waals surface area contributed by atoms with E-state index in [2.05, 4.69) is 0 Å². The zero-order chi connectivity index (χ0) is 26.3. The second kappa shape index (κ2) is 13.5. The molecule has 12 N–H and O–H groups in total. The summed E-state index contributed by atoms with van der Waals surface area (Å²) in [7, 11) is 0. The number of rotatable bonds is 8.